The third-order valence-corrected chi connectivity index (χ3v) is 3.75. The number of aromatic nitrogens is 1. The number of likely N-dealkylation sites (N-methyl/N-ethyl adjacent to an activating group) is 1. The van der Waals surface area contributed by atoms with Crippen LogP contribution in [0.1, 0.15) is 35.6 Å². The fourth-order valence-corrected chi connectivity index (χ4v) is 2.51. The van der Waals surface area contributed by atoms with Crippen LogP contribution in [0.5, 0.6) is 0 Å². The van der Waals surface area contributed by atoms with Gasteiger partial charge in [-0.25, -0.2) is 0 Å². The number of nitrogens with zero attached hydrogens (tertiary/aromatic N) is 1. The number of aryl methyl sites for hydroxylation is 2. The molecular weight excluding hydrogens is 290 g/mol. The van der Waals surface area contributed by atoms with E-state index >= 15 is 0 Å². The number of benzene rings is 1. The Morgan fingerprint density at radius 1 is 1.04 bits per heavy atom. The van der Waals surface area contributed by atoms with Crippen LogP contribution >= 0.6 is 0 Å². The lowest BCUT2D eigenvalue weighted by molar-refractivity contribution is -0.122. The average Bonchev–Trinajstić information content (AvgIpc) is 2.86. The summed E-state index contributed by atoms with van der Waals surface area (Å²) in [6, 6.07) is 10.9. The summed E-state index contributed by atoms with van der Waals surface area (Å²) < 4.78 is 2.12. The molecule has 0 bridgehead atoms. The van der Waals surface area contributed by atoms with Crippen LogP contribution in [-0.2, 0) is 4.79 Å². The summed E-state index contributed by atoms with van der Waals surface area (Å²) >= 11 is 0. The third-order valence-electron chi connectivity index (χ3n) is 3.75. The highest BCUT2D eigenvalue weighted by molar-refractivity contribution is 5.97. The lowest BCUT2D eigenvalue weighted by Gasteiger charge is -2.14. The van der Waals surface area contributed by atoms with E-state index in [-0.39, 0.29) is 11.8 Å². The van der Waals surface area contributed by atoms with Crippen LogP contribution in [0, 0.1) is 13.8 Å². The van der Waals surface area contributed by atoms with Crippen molar-refractivity contribution in [2.45, 2.75) is 33.7 Å². The lowest BCUT2D eigenvalue weighted by Crippen LogP contribution is -2.44. The Kier molecular flexibility index (Phi) is 5.21. The molecule has 1 atom stereocenters. The number of amides is 2. The van der Waals surface area contributed by atoms with E-state index in [4.69, 9.17) is 0 Å². The highest BCUT2D eigenvalue weighted by atomic mass is 16.2. The highest BCUT2D eigenvalue weighted by Crippen LogP contribution is 2.16. The number of carbonyl (C=O) groups excluding carboxylic acids is 2. The molecule has 0 saturated heterocycles. The molecule has 0 spiro atoms. The van der Waals surface area contributed by atoms with E-state index in [0.29, 0.717) is 12.1 Å². The van der Waals surface area contributed by atoms with E-state index in [1.54, 1.807) is 19.1 Å². The summed E-state index contributed by atoms with van der Waals surface area (Å²) in [6.45, 7) is 8.15. The monoisotopic (exact) mass is 313 g/mol. The van der Waals surface area contributed by atoms with Crippen molar-refractivity contribution in [3.63, 3.8) is 0 Å². The van der Waals surface area contributed by atoms with Crippen LogP contribution < -0.4 is 10.6 Å². The highest BCUT2D eigenvalue weighted by Gasteiger charge is 2.15. The standard InChI is InChI=1S/C18H23N3O2/c1-5-19-17(22)14(4)20-18(23)15-8-10-16(11-9-15)21-12(2)6-7-13(21)3/h6-11,14H,5H2,1-4H3,(H,19,22)(H,20,23)/t14-/m0/s1. The molecule has 122 valence electrons. The van der Waals surface area contributed by atoms with Crippen LogP contribution in [0.2, 0.25) is 0 Å². The molecule has 5 nitrogen and oxygen atoms in total. The topological polar surface area (TPSA) is 63.1 Å². The molecular formula is C18H23N3O2. The molecule has 1 aromatic heterocycles. The Balaban J connectivity index is 2.10. The molecule has 5 heteroatoms. The zero-order valence-electron chi connectivity index (χ0n) is 14.0. The molecule has 2 rings (SSSR count). The van der Waals surface area contributed by atoms with Crippen molar-refractivity contribution in [2.24, 2.45) is 0 Å². The first-order valence-electron chi connectivity index (χ1n) is 7.78. The Hall–Kier alpha value is -2.56. The molecule has 0 fully saturated rings. The van der Waals surface area contributed by atoms with Gasteiger partial charge in [0.1, 0.15) is 6.04 Å². The van der Waals surface area contributed by atoms with Crippen LogP contribution in [0.3, 0.4) is 0 Å². The second-order valence-electron chi connectivity index (χ2n) is 5.59. The largest absolute Gasteiger partial charge is 0.355 e. The Bertz CT molecular complexity index is 682. The van der Waals surface area contributed by atoms with Crippen molar-refractivity contribution >= 4 is 11.8 Å². The number of hydrogen-bond donors (Lipinski definition) is 2. The van der Waals surface area contributed by atoms with Gasteiger partial charge in [-0.05, 0) is 64.1 Å². The van der Waals surface area contributed by atoms with E-state index in [1.165, 1.54) is 0 Å². The maximum Gasteiger partial charge on any atom is 0.251 e. The first-order chi connectivity index (χ1) is 10.9. The smallest absolute Gasteiger partial charge is 0.251 e. The van der Waals surface area contributed by atoms with Crippen LogP contribution in [0.15, 0.2) is 36.4 Å². The average molecular weight is 313 g/mol. The van der Waals surface area contributed by atoms with Gasteiger partial charge < -0.3 is 15.2 Å². The van der Waals surface area contributed by atoms with Gasteiger partial charge in [-0.3, -0.25) is 9.59 Å². The Morgan fingerprint density at radius 2 is 1.61 bits per heavy atom. The molecule has 0 aliphatic heterocycles. The predicted octanol–water partition coefficient (Wildman–Crippen LogP) is 2.35. The van der Waals surface area contributed by atoms with Crippen molar-refractivity contribution in [3.05, 3.63) is 53.3 Å². The molecule has 2 aromatic rings. The first kappa shape index (κ1) is 16.8. The first-order valence-corrected chi connectivity index (χ1v) is 7.78. The Morgan fingerprint density at radius 3 is 2.13 bits per heavy atom. The van der Waals surface area contributed by atoms with Crippen molar-refractivity contribution in [2.75, 3.05) is 6.54 Å². The quantitative estimate of drug-likeness (QED) is 0.890. The fourth-order valence-electron chi connectivity index (χ4n) is 2.51. The molecule has 0 aliphatic rings. The summed E-state index contributed by atoms with van der Waals surface area (Å²) in [5.74, 6) is -0.438. The van der Waals surface area contributed by atoms with Crippen molar-refractivity contribution < 1.29 is 9.59 Å². The van der Waals surface area contributed by atoms with Gasteiger partial charge in [0.05, 0.1) is 0 Å². The predicted molar refractivity (Wildman–Crippen MR) is 90.9 cm³/mol. The molecule has 1 heterocycles. The van der Waals surface area contributed by atoms with Crippen LogP contribution in [-0.4, -0.2) is 29.0 Å². The number of nitrogens with one attached hydrogen (secondary N) is 2. The zero-order chi connectivity index (χ0) is 17.0. The van der Waals surface area contributed by atoms with E-state index in [9.17, 15) is 9.59 Å². The SMILES string of the molecule is CCNC(=O)[C@H](C)NC(=O)c1ccc(-n2c(C)ccc2C)cc1. The van der Waals surface area contributed by atoms with Crippen molar-refractivity contribution in [1.82, 2.24) is 15.2 Å². The van der Waals surface area contributed by atoms with Gasteiger partial charge in [0.2, 0.25) is 5.91 Å². The lowest BCUT2D eigenvalue weighted by atomic mass is 10.1. The maximum atomic E-state index is 12.2. The zero-order valence-corrected chi connectivity index (χ0v) is 14.0. The molecule has 0 aliphatic carbocycles. The third kappa shape index (κ3) is 3.80. The van der Waals surface area contributed by atoms with Gasteiger partial charge in [-0.15, -0.1) is 0 Å². The van der Waals surface area contributed by atoms with Crippen LogP contribution in [0.4, 0.5) is 0 Å². The van der Waals surface area contributed by atoms with E-state index in [2.05, 4.69) is 27.3 Å². The molecule has 0 unspecified atom stereocenters. The second kappa shape index (κ2) is 7.13. The molecule has 0 saturated carbocycles. The van der Waals surface area contributed by atoms with E-state index < -0.39 is 6.04 Å². The summed E-state index contributed by atoms with van der Waals surface area (Å²) in [6.07, 6.45) is 0. The number of rotatable bonds is 5. The van der Waals surface area contributed by atoms with Crippen molar-refractivity contribution in [3.8, 4) is 5.69 Å². The summed E-state index contributed by atoms with van der Waals surface area (Å²) in [5.41, 5.74) is 3.83. The normalized spacial score (nSPS) is 11.8. The fraction of sp³-hybridized carbons (Fsp3) is 0.333. The van der Waals surface area contributed by atoms with Gasteiger partial charge in [0.25, 0.3) is 5.91 Å². The van der Waals surface area contributed by atoms with Gasteiger partial charge in [0.15, 0.2) is 0 Å². The van der Waals surface area contributed by atoms with Crippen LogP contribution in [0.25, 0.3) is 5.69 Å². The molecule has 23 heavy (non-hydrogen) atoms. The molecule has 2 amide bonds. The van der Waals surface area contributed by atoms with Gasteiger partial charge >= 0.3 is 0 Å². The van der Waals surface area contributed by atoms with Crippen molar-refractivity contribution in [1.29, 1.82) is 0 Å². The minimum absolute atomic E-state index is 0.184. The summed E-state index contributed by atoms with van der Waals surface area (Å²) in [4.78, 5) is 23.9. The second-order valence-corrected chi connectivity index (χ2v) is 5.59. The molecule has 0 radical (unpaired) electrons. The van der Waals surface area contributed by atoms with Gasteiger partial charge in [0, 0.05) is 29.2 Å². The van der Waals surface area contributed by atoms with Gasteiger partial charge in [-0.2, -0.15) is 0 Å². The number of hydrogen-bond acceptors (Lipinski definition) is 2. The summed E-state index contributed by atoms with van der Waals surface area (Å²) in [5, 5.41) is 5.39. The minimum atomic E-state index is -0.559. The van der Waals surface area contributed by atoms with E-state index in [1.807, 2.05) is 32.9 Å². The maximum absolute atomic E-state index is 12.2. The van der Waals surface area contributed by atoms with E-state index in [0.717, 1.165) is 17.1 Å². The number of carbonyl (C=O) groups is 2. The Labute approximate surface area is 136 Å². The molecule has 1 aromatic carbocycles. The molecule has 2 N–H and O–H groups in total. The van der Waals surface area contributed by atoms with Gasteiger partial charge in [-0.1, -0.05) is 0 Å². The summed E-state index contributed by atoms with van der Waals surface area (Å²) in [7, 11) is 0. The minimum Gasteiger partial charge on any atom is -0.355 e.